The third kappa shape index (κ3) is 4.51. The Labute approximate surface area is 149 Å². The van der Waals surface area contributed by atoms with E-state index in [1.54, 1.807) is 24.3 Å². The molecule has 0 radical (unpaired) electrons. The lowest BCUT2D eigenvalue weighted by atomic mass is 10.1. The molecule has 1 aliphatic rings. The third-order valence-electron chi connectivity index (χ3n) is 4.46. The summed E-state index contributed by atoms with van der Waals surface area (Å²) in [6, 6.07) is 15.4. The molecule has 0 spiro atoms. The van der Waals surface area contributed by atoms with Crippen LogP contribution < -0.4 is 10.5 Å². The number of nitrogen functional groups attached to an aromatic ring is 1. The second-order valence-electron chi connectivity index (χ2n) is 6.27. The average Bonchev–Trinajstić information content (AvgIpc) is 2.64. The van der Waals surface area contributed by atoms with Gasteiger partial charge in [0.15, 0.2) is 0 Å². The van der Waals surface area contributed by atoms with Crippen molar-refractivity contribution in [2.24, 2.45) is 0 Å². The molecule has 0 saturated carbocycles. The minimum atomic E-state index is 0.0840. The molecule has 2 aromatic rings. The van der Waals surface area contributed by atoms with E-state index < -0.39 is 0 Å². The zero-order valence-corrected chi connectivity index (χ0v) is 14.6. The molecule has 1 fully saturated rings. The van der Waals surface area contributed by atoms with Crippen LogP contribution in [0.15, 0.2) is 48.5 Å². The van der Waals surface area contributed by atoms with Crippen molar-refractivity contribution >= 4 is 11.6 Å². The Hall–Kier alpha value is -2.53. The maximum Gasteiger partial charge on any atom is 0.253 e. The lowest BCUT2D eigenvalue weighted by molar-refractivity contribution is 0.0628. The van der Waals surface area contributed by atoms with Gasteiger partial charge >= 0.3 is 0 Å². The van der Waals surface area contributed by atoms with Crippen LogP contribution in [-0.4, -0.2) is 48.5 Å². The van der Waals surface area contributed by atoms with Crippen molar-refractivity contribution in [2.45, 2.75) is 13.5 Å². The number of piperazine rings is 1. The zero-order chi connectivity index (χ0) is 17.6. The number of rotatable bonds is 5. The highest BCUT2D eigenvalue weighted by Gasteiger charge is 2.22. The van der Waals surface area contributed by atoms with Crippen LogP contribution in [0.1, 0.15) is 22.8 Å². The van der Waals surface area contributed by atoms with E-state index in [1.807, 2.05) is 24.0 Å². The summed E-state index contributed by atoms with van der Waals surface area (Å²) < 4.78 is 5.48. The number of carbonyl (C=O) groups excluding carboxylic acids is 1. The van der Waals surface area contributed by atoms with Gasteiger partial charge < -0.3 is 15.4 Å². The van der Waals surface area contributed by atoms with Crippen molar-refractivity contribution in [1.82, 2.24) is 9.80 Å². The van der Waals surface area contributed by atoms with Crippen molar-refractivity contribution in [3.8, 4) is 5.75 Å². The Balaban J connectivity index is 1.51. The van der Waals surface area contributed by atoms with Crippen LogP contribution >= 0.6 is 0 Å². The van der Waals surface area contributed by atoms with E-state index in [4.69, 9.17) is 10.5 Å². The first kappa shape index (κ1) is 17.3. The fraction of sp³-hybridized carbons (Fsp3) is 0.350. The molecule has 1 heterocycles. The summed E-state index contributed by atoms with van der Waals surface area (Å²) >= 11 is 0. The van der Waals surface area contributed by atoms with E-state index in [9.17, 15) is 4.79 Å². The lowest BCUT2D eigenvalue weighted by Crippen LogP contribution is -2.48. The van der Waals surface area contributed by atoms with Crippen LogP contribution in [0.2, 0.25) is 0 Å². The van der Waals surface area contributed by atoms with Gasteiger partial charge in [-0.1, -0.05) is 12.1 Å². The molecule has 0 aromatic heterocycles. The topological polar surface area (TPSA) is 58.8 Å². The van der Waals surface area contributed by atoms with Crippen LogP contribution in [0.4, 0.5) is 5.69 Å². The molecule has 0 unspecified atom stereocenters. The summed E-state index contributed by atoms with van der Waals surface area (Å²) in [7, 11) is 0. The SMILES string of the molecule is CCOc1ccc(CN2CCN(C(=O)c3ccc(N)cc3)CC2)cc1. The second-order valence-corrected chi connectivity index (χ2v) is 6.27. The molecular weight excluding hydrogens is 314 g/mol. The van der Waals surface area contributed by atoms with Gasteiger partial charge in [0.2, 0.25) is 0 Å². The molecule has 3 rings (SSSR count). The van der Waals surface area contributed by atoms with Gasteiger partial charge in [0, 0.05) is 44.0 Å². The number of benzene rings is 2. The fourth-order valence-corrected chi connectivity index (χ4v) is 3.03. The number of nitrogens with zero attached hydrogens (tertiary/aromatic N) is 2. The number of hydrogen-bond donors (Lipinski definition) is 1. The van der Waals surface area contributed by atoms with E-state index in [1.165, 1.54) is 5.56 Å². The number of hydrogen-bond acceptors (Lipinski definition) is 4. The Kier molecular flexibility index (Phi) is 5.56. The summed E-state index contributed by atoms with van der Waals surface area (Å²) in [5.41, 5.74) is 8.33. The largest absolute Gasteiger partial charge is 0.494 e. The normalized spacial score (nSPS) is 15.2. The number of ether oxygens (including phenoxy) is 1. The van der Waals surface area contributed by atoms with Crippen LogP contribution in [0.5, 0.6) is 5.75 Å². The first-order valence-electron chi connectivity index (χ1n) is 8.74. The van der Waals surface area contributed by atoms with Crippen molar-refractivity contribution in [3.63, 3.8) is 0 Å². The standard InChI is InChI=1S/C20H25N3O2/c1-2-25-19-9-3-16(4-10-19)15-22-11-13-23(14-12-22)20(24)17-5-7-18(21)8-6-17/h3-10H,2,11-15,21H2,1H3. The molecule has 1 saturated heterocycles. The Morgan fingerprint density at radius 2 is 1.64 bits per heavy atom. The molecule has 1 aliphatic heterocycles. The number of amides is 1. The van der Waals surface area contributed by atoms with Crippen molar-refractivity contribution in [2.75, 3.05) is 38.5 Å². The smallest absolute Gasteiger partial charge is 0.253 e. The first-order valence-corrected chi connectivity index (χ1v) is 8.74. The van der Waals surface area contributed by atoms with Gasteiger partial charge in [-0.15, -0.1) is 0 Å². The van der Waals surface area contributed by atoms with Gasteiger partial charge in [-0.25, -0.2) is 0 Å². The number of anilines is 1. The quantitative estimate of drug-likeness (QED) is 0.851. The van der Waals surface area contributed by atoms with Gasteiger partial charge in [0.1, 0.15) is 5.75 Å². The summed E-state index contributed by atoms with van der Waals surface area (Å²) in [6.45, 7) is 6.83. The molecule has 0 bridgehead atoms. The van der Waals surface area contributed by atoms with E-state index in [0.717, 1.165) is 38.5 Å². The Morgan fingerprint density at radius 1 is 1.00 bits per heavy atom. The first-order chi connectivity index (χ1) is 12.2. The molecule has 0 atom stereocenters. The summed E-state index contributed by atoms with van der Waals surface area (Å²) in [5.74, 6) is 0.992. The van der Waals surface area contributed by atoms with E-state index >= 15 is 0 Å². The monoisotopic (exact) mass is 339 g/mol. The van der Waals surface area contributed by atoms with Crippen LogP contribution in [0.3, 0.4) is 0 Å². The predicted octanol–water partition coefficient (Wildman–Crippen LogP) is 2.63. The van der Waals surface area contributed by atoms with Crippen molar-refractivity contribution in [1.29, 1.82) is 0 Å². The van der Waals surface area contributed by atoms with Gasteiger partial charge in [0.25, 0.3) is 5.91 Å². The average molecular weight is 339 g/mol. The van der Waals surface area contributed by atoms with Gasteiger partial charge in [-0.05, 0) is 48.9 Å². The maximum absolute atomic E-state index is 12.5. The molecule has 2 aromatic carbocycles. The van der Waals surface area contributed by atoms with Gasteiger partial charge in [-0.3, -0.25) is 9.69 Å². The lowest BCUT2D eigenvalue weighted by Gasteiger charge is -2.34. The minimum Gasteiger partial charge on any atom is -0.494 e. The Morgan fingerprint density at radius 3 is 2.24 bits per heavy atom. The summed E-state index contributed by atoms with van der Waals surface area (Å²) in [4.78, 5) is 16.8. The van der Waals surface area contributed by atoms with Crippen molar-refractivity contribution < 1.29 is 9.53 Å². The highest BCUT2D eigenvalue weighted by Crippen LogP contribution is 2.16. The van der Waals surface area contributed by atoms with Crippen molar-refractivity contribution in [3.05, 3.63) is 59.7 Å². The van der Waals surface area contributed by atoms with Gasteiger partial charge in [0.05, 0.1) is 6.61 Å². The van der Waals surface area contributed by atoms with Crippen LogP contribution in [-0.2, 0) is 6.54 Å². The molecule has 2 N–H and O–H groups in total. The molecule has 5 nitrogen and oxygen atoms in total. The van der Waals surface area contributed by atoms with Crippen LogP contribution in [0.25, 0.3) is 0 Å². The molecular formula is C20H25N3O2. The maximum atomic E-state index is 12.5. The van der Waals surface area contributed by atoms with Gasteiger partial charge in [-0.2, -0.15) is 0 Å². The summed E-state index contributed by atoms with van der Waals surface area (Å²) in [6.07, 6.45) is 0. The number of carbonyl (C=O) groups is 1. The molecule has 5 heteroatoms. The highest BCUT2D eigenvalue weighted by molar-refractivity contribution is 5.94. The predicted molar refractivity (Wildman–Crippen MR) is 99.6 cm³/mol. The summed E-state index contributed by atoms with van der Waals surface area (Å²) in [5, 5.41) is 0. The third-order valence-corrected chi connectivity index (χ3v) is 4.46. The highest BCUT2D eigenvalue weighted by atomic mass is 16.5. The number of nitrogens with two attached hydrogens (primary N) is 1. The second kappa shape index (κ2) is 8.03. The molecule has 132 valence electrons. The minimum absolute atomic E-state index is 0.0840. The van der Waals surface area contributed by atoms with Crippen LogP contribution in [0, 0.1) is 0 Å². The fourth-order valence-electron chi connectivity index (χ4n) is 3.03. The molecule has 25 heavy (non-hydrogen) atoms. The molecule has 0 aliphatic carbocycles. The van der Waals surface area contributed by atoms with E-state index in [-0.39, 0.29) is 5.91 Å². The molecule has 1 amide bonds. The Bertz CT molecular complexity index is 690. The van der Waals surface area contributed by atoms with E-state index in [0.29, 0.717) is 17.9 Å². The van der Waals surface area contributed by atoms with E-state index in [2.05, 4.69) is 17.0 Å². The zero-order valence-electron chi connectivity index (χ0n) is 14.6.